The Morgan fingerprint density at radius 2 is 1.95 bits per heavy atom. The minimum Gasteiger partial charge on any atom is -0.327 e. The second-order valence-electron chi connectivity index (χ2n) is 5.77. The van der Waals surface area contributed by atoms with E-state index < -0.39 is 10.0 Å². The zero-order chi connectivity index (χ0) is 15.1. The van der Waals surface area contributed by atoms with Crippen LogP contribution in [-0.4, -0.2) is 31.9 Å². The van der Waals surface area contributed by atoms with Crippen LogP contribution < -0.4 is 5.73 Å². The van der Waals surface area contributed by atoms with Crippen molar-refractivity contribution in [1.29, 1.82) is 0 Å². The summed E-state index contributed by atoms with van der Waals surface area (Å²) in [4.78, 5) is 0.0536. The van der Waals surface area contributed by atoms with Crippen molar-refractivity contribution in [2.45, 2.75) is 31.2 Å². The van der Waals surface area contributed by atoms with Crippen LogP contribution in [0.4, 0.5) is 0 Å². The maximum atomic E-state index is 12.7. The van der Waals surface area contributed by atoms with Gasteiger partial charge in [0.15, 0.2) is 0 Å². The number of nitrogens with two attached hydrogens (primary N) is 1. The number of sulfonamides is 1. The molecular weight excluding hydrogens is 355 g/mol. The summed E-state index contributed by atoms with van der Waals surface area (Å²) in [5.74, 6) is 0. The second-order valence-corrected chi connectivity index (χ2v) is 8.47. The minimum absolute atomic E-state index is 0. The average molecular weight is 374 g/mol. The third-order valence-electron chi connectivity index (χ3n) is 3.81. The van der Waals surface area contributed by atoms with Crippen LogP contribution in [0.25, 0.3) is 0 Å². The van der Waals surface area contributed by atoms with Gasteiger partial charge < -0.3 is 5.73 Å². The molecule has 0 bridgehead atoms. The molecule has 8 heteroatoms. The Morgan fingerprint density at radius 1 is 1.33 bits per heavy atom. The molecule has 1 atom stereocenters. The fourth-order valence-electron chi connectivity index (χ4n) is 2.35. The number of piperidine rings is 1. The van der Waals surface area contributed by atoms with E-state index in [9.17, 15) is 8.42 Å². The largest absolute Gasteiger partial charge is 0.327 e. The molecule has 0 amide bonds. The van der Waals surface area contributed by atoms with Crippen molar-refractivity contribution in [2.24, 2.45) is 11.1 Å². The summed E-state index contributed by atoms with van der Waals surface area (Å²) < 4.78 is 26.8. The maximum Gasteiger partial charge on any atom is 0.244 e. The van der Waals surface area contributed by atoms with Crippen LogP contribution in [-0.2, 0) is 10.0 Å². The molecule has 0 saturated carbocycles. The van der Waals surface area contributed by atoms with Gasteiger partial charge in [0, 0.05) is 19.1 Å². The molecule has 0 spiro atoms. The van der Waals surface area contributed by atoms with E-state index >= 15 is 0 Å². The fourth-order valence-corrected chi connectivity index (χ4v) is 4.71. The average Bonchev–Trinajstić information content (AvgIpc) is 2.35. The molecule has 1 aromatic carbocycles. The predicted molar refractivity (Wildman–Crippen MR) is 88.8 cm³/mol. The van der Waals surface area contributed by atoms with Crippen LogP contribution in [0.2, 0.25) is 10.0 Å². The van der Waals surface area contributed by atoms with Crippen molar-refractivity contribution in [3.8, 4) is 0 Å². The topological polar surface area (TPSA) is 63.4 Å². The lowest BCUT2D eigenvalue weighted by Gasteiger charge is -2.41. The standard InChI is InChI=1S/C13H18Cl2N2O2S.ClH/c1-13(2)8-17(7-6-11(13)16)20(18,19)10-5-3-4-9(14)12(10)15;/h3-5,11H,6-8,16H2,1-2H3;1H. The van der Waals surface area contributed by atoms with E-state index in [4.69, 9.17) is 28.9 Å². The van der Waals surface area contributed by atoms with Crippen molar-refractivity contribution in [3.63, 3.8) is 0 Å². The van der Waals surface area contributed by atoms with E-state index in [-0.39, 0.29) is 38.8 Å². The molecule has 1 unspecified atom stereocenters. The monoisotopic (exact) mass is 372 g/mol. The van der Waals surface area contributed by atoms with E-state index in [0.29, 0.717) is 19.5 Å². The van der Waals surface area contributed by atoms with Gasteiger partial charge in [0.1, 0.15) is 4.90 Å². The van der Waals surface area contributed by atoms with Gasteiger partial charge in [-0.1, -0.05) is 43.1 Å². The van der Waals surface area contributed by atoms with Gasteiger partial charge >= 0.3 is 0 Å². The first-order valence-electron chi connectivity index (χ1n) is 6.36. The van der Waals surface area contributed by atoms with E-state index in [1.165, 1.54) is 10.4 Å². The second kappa shape index (κ2) is 6.60. The Bertz CT molecular complexity index is 620. The van der Waals surface area contributed by atoms with Crippen LogP contribution in [0.15, 0.2) is 23.1 Å². The number of hydrogen-bond donors (Lipinski definition) is 1. The van der Waals surface area contributed by atoms with Crippen LogP contribution in [0.1, 0.15) is 20.3 Å². The van der Waals surface area contributed by atoms with Gasteiger partial charge in [0.25, 0.3) is 0 Å². The Labute approximate surface area is 142 Å². The van der Waals surface area contributed by atoms with Gasteiger partial charge in [-0.15, -0.1) is 12.4 Å². The van der Waals surface area contributed by atoms with Crippen molar-refractivity contribution in [3.05, 3.63) is 28.2 Å². The van der Waals surface area contributed by atoms with Gasteiger partial charge in [-0.25, -0.2) is 8.42 Å². The zero-order valence-electron chi connectivity index (χ0n) is 11.8. The third-order valence-corrected chi connectivity index (χ3v) is 6.63. The molecule has 1 aliphatic heterocycles. The first-order valence-corrected chi connectivity index (χ1v) is 8.55. The molecule has 1 heterocycles. The summed E-state index contributed by atoms with van der Waals surface area (Å²) >= 11 is 11.9. The fraction of sp³-hybridized carbons (Fsp3) is 0.538. The Kier molecular flexibility index (Phi) is 5.98. The number of nitrogens with zero attached hydrogens (tertiary/aromatic N) is 1. The predicted octanol–water partition coefficient (Wildman–Crippen LogP) is 3.16. The van der Waals surface area contributed by atoms with Gasteiger partial charge in [-0.2, -0.15) is 4.31 Å². The first kappa shape index (κ1) is 19.0. The molecule has 0 aliphatic carbocycles. The summed E-state index contributed by atoms with van der Waals surface area (Å²) in [6.45, 7) is 4.72. The van der Waals surface area contributed by atoms with Crippen LogP contribution >= 0.6 is 35.6 Å². The van der Waals surface area contributed by atoms with Crippen LogP contribution in [0.5, 0.6) is 0 Å². The maximum absolute atomic E-state index is 12.7. The molecular formula is C13H19Cl3N2O2S. The molecule has 120 valence electrons. The van der Waals surface area contributed by atoms with E-state index in [2.05, 4.69) is 0 Å². The lowest BCUT2D eigenvalue weighted by molar-refractivity contribution is 0.155. The summed E-state index contributed by atoms with van der Waals surface area (Å²) in [6.07, 6.45) is 0.629. The highest BCUT2D eigenvalue weighted by molar-refractivity contribution is 7.89. The van der Waals surface area contributed by atoms with Gasteiger partial charge in [-0.3, -0.25) is 0 Å². The van der Waals surface area contributed by atoms with E-state index in [1.807, 2.05) is 13.8 Å². The van der Waals surface area contributed by atoms with E-state index in [0.717, 1.165) is 0 Å². The molecule has 2 N–H and O–H groups in total. The molecule has 0 radical (unpaired) electrons. The van der Waals surface area contributed by atoms with Crippen molar-refractivity contribution in [2.75, 3.05) is 13.1 Å². The molecule has 1 aliphatic rings. The van der Waals surface area contributed by atoms with Gasteiger partial charge in [0.05, 0.1) is 10.0 Å². The molecule has 1 aromatic rings. The smallest absolute Gasteiger partial charge is 0.244 e. The number of hydrogen-bond acceptors (Lipinski definition) is 3. The molecule has 0 aromatic heterocycles. The molecule has 21 heavy (non-hydrogen) atoms. The molecule has 4 nitrogen and oxygen atoms in total. The minimum atomic E-state index is -3.65. The summed E-state index contributed by atoms with van der Waals surface area (Å²) in [6, 6.07) is 4.62. The van der Waals surface area contributed by atoms with Gasteiger partial charge in [-0.05, 0) is 24.0 Å². The number of rotatable bonds is 2. The highest BCUT2D eigenvalue weighted by Gasteiger charge is 2.39. The Morgan fingerprint density at radius 3 is 2.52 bits per heavy atom. The summed E-state index contributed by atoms with van der Waals surface area (Å²) in [5, 5.41) is 0.308. The Balaban J connectivity index is 0.00000220. The normalized spacial score (nSPS) is 22.6. The lowest BCUT2D eigenvalue weighted by Crippen LogP contribution is -2.53. The number of benzene rings is 1. The SMILES string of the molecule is CC1(C)CN(S(=O)(=O)c2cccc(Cl)c2Cl)CCC1N.Cl. The summed E-state index contributed by atoms with van der Waals surface area (Å²) in [5.41, 5.74) is 5.77. The van der Waals surface area contributed by atoms with Crippen molar-refractivity contribution < 1.29 is 8.42 Å². The lowest BCUT2D eigenvalue weighted by atomic mass is 9.81. The summed E-state index contributed by atoms with van der Waals surface area (Å²) in [7, 11) is -3.65. The number of halogens is 3. The van der Waals surface area contributed by atoms with Crippen molar-refractivity contribution >= 4 is 45.6 Å². The molecule has 2 rings (SSSR count). The quantitative estimate of drug-likeness (QED) is 0.866. The zero-order valence-corrected chi connectivity index (χ0v) is 15.0. The molecule has 1 fully saturated rings. The van der Waals surface area contributed by atoms with Crippen molar-refractivity contribution in [1.82, 2.24) is 4.31 Å². The third kappa shape index (κ3) is 3.66. The highest BCUT2D eigenvalue weighted by Crippen LogP contribution is 2.35. The van der Waals surface area contributed by atoms with Gasteiger partial charge in [0.2, 0.25) is 10.0 Å². The Hall–Kier alpha value is -0.0400. The first-order chi connectivity index (χ1) is 9.16. The highest BCUT2D eigenvalue weighted by atomic mass is 35.5. The molecule has 1 saturated heterocycles. The van der Waals surface area contributed by atoms with Crippen LogP contribution in [0.3, 0.4) is 0 Å². The van der Waals surface area contributed by atoms with Crippen LogP contribution in [0, 0.1) is 5.41 Å². The van der Waals surface area contributed by atoms with E-state index in [1.54, 1.807) is 12.1 Å².